The van der Waals surface area contributed by atoms with E-state index in [-0.39, 0.29) is 0 Å². The maximum Gasteiger partial charge on any atom is 0.0930 e. The van der Waals surface area contributed by atoms with Crippen LogP contribution in [-0.2, 0) is 6.42 Å². The first-order chi connectivity index (χ1) is 7.61. The minimum absolute atomic E-state index is 0.621. The smallest absolute Gasteiger partial charge is 0.0930 e. The Morgan fingerprint density at radius 3 is 2.75 bits per heavy atom. The standard InChI is InChI=1S/C13H24N2S/c1-5-6-14-11(3)7-10(2)8-13-15-12(4)9-16-13/h9-11,14H,5-8H2,1-4H3. The van der Waals surface area contributed by atoms with E-state index in [9.17, 15) is 0 Å². The van der Waals surface area contributed by atoms with Crippen molar-refractivity contribution in [3.05, 3.63) is 16.1 Å². The van der Waals surface area contributed by atoms with Gasteiger partial charge >= 0.3 is 0 Å². The number of hydrogen-bond acceptors (Lipinski definition) is 3. The van der Waals surface area contributed by atoms with Crippen LogP contribution in [0.2, 0.25) is 0 Å². The van der Waals surface area contributed by atoms with Crippen molar-refractivity contribution in [3.63, 3.8) is 0 Å². The predicted molar refractivity (Wildman–Crippen MR) is 72.1 cm³/mol. The molecule has 0 aliphatic heterocycles. The highest BCUT2D eigenvalue weighted by atomic mass is 32.1. The van der Waals surface area contributed by atoms with Crippen molar-refractivity contribution < 1.29 is 0 Å². The van der Waals surface area contributed by atoms with Gasteiger partial charge in [-0.15, -0.1) is 11.3 Å². The third kappa shape index (κ3) is 5.08. The molecule has 0 fully saturated rings. The van der Waals surface area contributed by atoms with Crippen molar-refractivity contribution in [2.75, 3.05) is 6.54 Å². The van der Waals surface area contributed by atoms with Crippen LogP contribution in [-0.4, -0.2) is 17.6 Å². The van der Waals surface area contributed by atoms with Crippen molar-refractivity contribution in [2.24, 2.45) is 5.92 Å². The summed E-state index contributed by atoms with van der Waals surface area (Å²) in [5, 5.41) is 6.96. The number of nitrogens with one attached hydrogen (secondary N) is 1. The number of aromatic nitrogens is 1. The van der Waals surface area contributed by atoms with Crippen LogP contribution in [0.3, 0.4) is 0 Å². The minimum Gasteiger partial charge on any atom is -0.314 e. The Morgan fingerprint density at radius 1 is 1.44 bits per heavy atom. The second-order valence-electron chi connectivity index (χ2n) is 4.78. The molecule has 0 amide bonds. The molecule has 0 aromatic carbocycles. The Morgan fingerprint density at radius 2 is 2.19 bits per heavy atom. The van der Waals surface area contributed by atoms with Gasteiger partial charge in [-0.2, -0.15) is 0 Å². The summed E-state index contributed by atoms with van der Waals surface area (Å²) in [6.45, 7) is 10.0. The molecule has 0 aliphatic carbocycles. The maximum absolute atomic E-state index is 4.52. The van der Waals surface area contributed by atoms with Crippen molar-refractivity contribution in [2.45, 2.75) is 53.0 Å². The van der Waals surface area contributed by atoms with Crippen LogP contribution in [0.5, 0.6) is 0 Å². The second kappa shape index (κ2) is 7.02. The fourth-order valence-electron chi connectivity index (χ4n) is 1.96. The summed E-state index contributed by atoms with van der Waals surface area (Å²) >= 11 is 1.79. The summed E-state index contributed by atoms with van der Waals surface area (Å²) in [4.78, 5) is 4.52. The fourth-order valence-corrected chi connectivity index (χ4v) is 2.89. The zero-order valence-electron chi connectivity index (χ0n) is 10.9. The molecule has 0 saturated heterocycles. The van der Waals surface area contributed by atoms with Gasteiger partial charge in [-0.1, -0.05) is 13.8 Å². The van der Waals surface area contributed by atoms with Crippen LogP contribution in [0.25, 0.3) is 0 Å². The van der Waals surface area contributed by atoms with E-state index in [1.165, 1.54) is 17.8 Å². The van der Waals surface area contributed by atoms with Gasteiger partial charge in [-0.3, -0.25) is 0 Å². The Hall–Kier alpha value is -0.410. The first-order valence-electron chi connectivity index (χ1n) is 6.26. The molecule has 16 heavy (non-hydrogen) atoms. The molecule has 3 heteroatoms. The lowest BCUT2D eigenvalue weighted by atomic mass is 9.99. The highest BCUT2D eigenvalue weighted by Crippen LogP contribution is 2.17. The highest BCUT2D eigenvalue weighted by molar-refractivity contribution is 7.09. The molecule has 0 bridgehead atoms. The highest BCUT2D eigenvalue weighted by Gasteiger charge is 2.10. The molecule has 1 aromatic heterocycles. The Kier molecular flexibility index (Phi) is 5.99. The molecule has 1 rings (SSSR count). The molecule has 1 heterocycles. The summed E-state index contributed by atoms with van der Waals surface area (Å²) in [6, 6.07) is 0.621. The third-order valence-corrected chi connectivity index (χ3v) is 3.68. The van der Waals surface area contributed by atoms with Crippen molar-refractivity contribution in [1.29, 1.82) is 0 Å². The lowest BCUT2D eigenvalue weighted by Crippen LogP contribution is -2.28. The lowest BCUT2D eigenvalue weighted by Gasteiger charge is -2.17. The summed E-state index contributed by atoms with van der Waals surface area (Å²) < 4.78 is 0. The van der Waals surface area contributed by atoms with Crippen LogP contribution in [0.4, 0.5) is 0 Å². The molecule has 2 nitrogen and oxygen atoms in total. The van der Waals surface area contributed by atoms with E-state index in [0.29, 0.717) is 12.0 Å². The maximum atomic E-state index is 4.52. The average molecular weight is 240 g/mol. The minimum atomic E-state index is 0.621. The zero-order valence-corrected chi connectivity index (χ0v) is 11.7. The average Bonchev–Trinajstić information content (AvgIpc) is 2.60. The summed E-state index contributed by atoms with van der Waals surface area (Å²) in [5.74, 6) is 0.713. The van der Waals surface area contributed by atoms with E-state index in [0.717, 1.165) is 18.7 Å². The van der Waals surface area contributed by atoms with Gasteiger partial charge in [0.2, 0.25) is 0 Å². The molecule has 0 saturated carbocycles. The molecular weight excluding hydrogens is 216 g/mol. The largest absolute Gasteiger partial charge is 0.314 e. The van der Waals surface area contributed by atoms with Crippen LogP contribution in [0.1, 0.15) is 44.3 Å². The van der Waals surface area contributed by atoms with Gasteiger partial charge in [0.05, 0.1) is 5.01 Å². The molecular formula is C13H24N2S. The molecule has 92 valence electrons. The van der Waals surface area contributed by atoms with Crippen LogP contribution < -0.4 is 5.32 Å². The predicted octanol–water partition coefficient (Wildman–Crippen LogP) is 3.41. The van der Waals surface area contributed by atoms with Gasteiger partial charge in [-0.05, 0) is 39.2 Å². The van der Waals surface area contributed by atoms with Gasteiger partial charge < -0.3 is 5.32 Å². The molecule has 1 N–H and O–H groups in total. The van der Waals surface area contributed by atoms with E-state index in [1.54, 1.807) is 11.3 Å². The SMILES string of the molecule is CCCNC(C)CC(C)Cc1nc(C)cs1. The Balaban J connectivity index is 2.27. The molecule has 2 atom stereocenters. The van der Waals surface area contributed by atoms with Gasteiger partial charge in [0.1, 0.15) is 0 Å². The van der Waals surface area contributed by atoms with Crippen molar-refractivity contribution in [1.82, 2.24) is 10.3 Å². The first kappa shape index (κ1) is 13.7. The Labute approximate surface area is 103 Å². The quantitative estimate of drug-likeness (QED) is 0.790. The number of aryl methyl sites for hydroxylation is 1. The Bertz CT molecular complexity index is 296. The van der Waals surface area contributed by atoms with E-state index in [2.05, 4.69) is 43.4 Å². The molecule has 0 spiro atoms. The summed E-state index contributed by atoms with van der Waals surface area (Å²) in [6.07, 6.45) is 3.57. The zero-order chi connectivity index (χ0) is 12.0. The number of thiazole rings is 1. The summed E-state index contributed by atoms with van der Waals surface area (Å²) in [7, 11) is 0. The van der Waals surface area contributed by atoms with Crippen molar-refractivity contribution in [3.8, 4) is 0 Å². The van der Waals surface area contributed by atoms with Crippen LogP contribution in [0, 0.1) is 12.8 Å². The van der Waals surface area contributed by atoms with Gasteiger partial charge in [0, 0.05) is 23.5 Å². The van der Waals surface area contributed by atoms with E-state index >= 15 is 0 Å². The monoisotopic (exact) mass is 240 g/mol. The molecule has 2 unspecified atom stereocenters. The fraction of sp³-hybridized carbons (Fsp3) is 0.769. The van der Waals surface area contributed by atoms with Crippen LogP contribution >= 0.6 is 11.3 Å². The van der Waals surface area contributed by atoms with Crippen LogP contribution in [0.15, 0.2) is 5.38 Å². The van der Waals surface area contributed by atoms with Gasteiger partial charge in [0.15, 0.2) is 0 Å². The van der Waals surface area contributed by atoms with Gasteiger partial charge in [-0.25, -0.2) is 4.98 Å². The molecule has 0 aliphatic rings. The van der Waals surface area contributed by atoms with Gasteiger partial charge in [0.25, 0.3) is 0 Å². The second-order valence-corrected chi connectivity index (χ2v) is 5.73. The van der Waals surface area contributed by atoms with Crippen molar-refractivity contribution >= 4 is 11.3 Å². The van der Waals surface area contributed by atoms with E-state index in [1.807, 2.05) is 0 Å². The van der Waals surface area contributed by atoms with E-state index in [4.69, 9.17) is 0 Å². The molecule has 0 radical (unpaired) electrons. The third-order valence-electron chi connectivity index (χ3n) is 2.69. The lowest BCUT2D eigenvalue weighted by molar-refractivity contribution is 0.419. The number of rotatable bonds is 7. The first-order valence-corrected chi connectivity index (χ1v) is 7.14. The summed E-state index contributed by atoms with van der Waals surface area (Å²) in [5.41, 5.74) is 1.16. The number of nitrogens with zero attached hydrogens (tertiary/aromatic N) is 1. The normalized spacial score (nSPS) is 15.0. The topological polar surface area (TPSA) is 24.9 Å². The number of hydrogen-bond donors (Lipinski definition) is 1. The molecule has 1 aromatic rings. The van der Waals surface area contributed by atoms with E-state index < -0.39 is 0 Å².